The molecule has 2 heterocycles. The number of carbonyl (C=O) groups excluding carboxylic acids is 3. The number of halogens is 2. The van der Waals surface area contributed by atoms with Crippen molar-refractivity contribution in [2.24, 2.45) is 5.73 Å². The van der Waals surface area contributed by atoms with Gasteiger partial charge in [0, 0.05) is 50.0 Å². The monoisotopic (exact) mass is 420 g/mol. The van der Waals surface area contributed by atoms with Crippen LogP contribution < -0.4 is 16.4 Å². The largest absolute Gasteiger partial charge is 0.324 e. The number of hydrogen-bond donors (Lipinski definition) is 3. The molecule has 7 nitrogen and oxygen atoms in total. The summed E-state index contributed by atoms with van der Waals surface area (Å²) in [7, 11) is 0. The molecule has 9 heteroatoms. The molecule has 1 atom stereocenters. The molecule has 0 bridgehead atoms. The Bertz CT molecular complexity index is 879. The van der Waals surface area contributed by atoms with Gasteiger partial charge in [0.15, 0.2) is 0 Å². The Morgan fingerprint density at radius 1 is 1.17 bits per heavy atom. The van der Waals surface area contributed by atoms with Crippen LogP contribution in [0.25, 0.3) is 0 Å². The van der Waals surface area contributed by atoms with Crippen LogP contribution in [0.5, 0.6) is 0 Å². The van der Waals surface area contributed by atoms with Crippen LogP contribution in [0.4, 0.5) is 8.78 Å². The van der Waals surface area contributed by atoms with Gasteiger partial charge in [0.2, 0.25) is 17.7 Å². The summed E-state index contributed by atoms with van der Waals surface area (Å²) < 4.78 is 26.8. The van der Waals surface area contributed by atoms with E-state index in [0.717, 1.165) is 11.1 Å². The lowest BCUT2D eigenvalue weighted by Gasteiger charge is -2.37. The topological polar surface area (TPSA) is 105 Å². The summed E-state index contributed by atoms with van der Waals surface area (Å²) in [5.74, 6) is -3.61. The molecule has 1 saturated heterocycles. The number of rotatable bonds is 5. The molecule has 162 valence electrons. The van der Waals surface area contributed by atoms with Crippen molar-refractivity contribution in [3.63, 3.8) is 0 Å². The quantitative estimate of drug-likeness (QED) is 0.626. The third-order valence-corrected chi connectivity index (χ3v) is 6.41. The maximum Gasteiger partial charge on any atom is 0.255 e. The molecule has 1 unspecified atom stereocenters. The summed E-state index contributed by atoms with van der Waals surface area (Å²) in [5.41, 5.74) is 7.80. The lowest BCUT2D eigenvalue weighted by Crippen LogP contribution is -2.53. The Kier molecular flexibility index (Phi) is 5.36. The molecule has 0 spiro atoms. The van der Waals surface area contributed by atoms with Gasteiger partial charge >= 0.3 is 0 Å². The fourth-order valence-corrected chi connectivity index (χ4v) is 4.57. The molecule has 2 aliphatic heterocycles. The molecule has 30 heavy (non-hydrogen) atoms. The normalized spacial score (nSPS) is 25.2. The van der Waals surface area contributed by atoms with Crippen molar-refractivity contribution in [1.29, 1.82) is 0 Å². The Morgan fingerprint density at radius 3 is 2.60 bits per heavy atom. The predicted octanol–water partition coefficient (Wildman–Crippen LogP) is 1.44. The summed E-state index contributed by atoms with van der Waals surface area (Å²) in [5, 5.41) is 5.53. The van der Waals surface area contributed by atoms with Crippen LogP contribution in [-0.4, -0.2) is 46.7 Å². The zero-order chi connectivity index (χ0) is 21.5. The average Bonchev–Trinajstić information content (AvgIpc) is 3.02. The van der Waals surface area contributed by atoms with Crippen molar-refractivity contribution in [1.82, 2.24) is 15.5 Å². The van der Waals surface area contributed by atoms with Gasteiger partial charge in [-0.2, -0.15) is 0 Å². The highest BCUT2D eigenvalue weighted by atomic mass is 19.3. The molecular formula is C21H26F2N4O3. The molecule has 4 N–H and O–H groups in total. The molecule has 1 aliphatic carbocycles. The molecule has 1 aromatic carbocycles. The van der Waals surface area contributed by atoms with Crippen LogP contribution in [0, 0.1) is 0 Å². The predicted molar refractivity (Wildman–Crippen MR) is 105 cm³/mol. The first-order valence-corrected chi connectivity index (χ1v) is 10.3. The van der Waals surface area contributed by atoms with E-state index in [9.17, 15) is 23.2 Å². The number of nitrogens with zero attached hydrogens (tertiary/aromatic N) is 1. The molecule has 2 fully saturated rings. The lowest BCUT2D eigenvalue weighted by molar-refractivity contribution is -0.136. The molecule has 0 radical (unpaired) electrons. The minimum absolute atomic E-state index is 0.203. The first-order valence-electron chi connectivity index (χ1n) is 10.3. The van der Waals surface area contributed by atoms with E-state index in [0.29, 0.717) is 31.6 Å². The number of fused-ring (bicyclic) bond motifs is 1. The Hall–Kier alpha value is -2.39. The molecule has 4 rings (SSSR count). The first kappa shape index (κ1) is 20.9. The van der Waals surface area contributed by atoms with Crippen molar-refractivity contribution in [2.45, 2.75) is 69.1 Å². The van der Waals surface area contributed by atoms with E-state index in [1.807, 2.05) is 18.2 Å². The Balaban J connectivity index is 1.41. The van der Waals surface area contributed by atoms with Crippen molar-refractivity contribution in [3.8, 4) is 0 Å². The van der Waals surface area contributed by atoms with Crippen LogP contribution in [0.3, 0.4) is 0 Å². The Morgan fingerprint density at radius 2 is 1.90 bits per heavy atom. The fraction of sp³-hybridized carbons (Fsp3) is 0.571. The van der Waals surface area contributed by atoms with Crippen LogP contribution in [-0.2, 0) is 22.7 Å². The molecule has 0 aromatic heterocycles. The third kappa shape index (κ3) is 4.09. The second-order valence-corrected chi connectivity index (χ2v) is 8.67. The van der Waals surface area contributed by atoms with E-state index in [1.54, 1.807) is 0 Å². The van der Waals surface area contributed by atoms with Crippen molar-refractivity contribution in [2.75, 3.05) is 6.54 Å². The number of imide groups is 1. The van der Waals surface area contributed by atoms with E-state index in [2.05, 4.69) is 10.6 Å². The number of amides is 3. The highest BCUT2D eigenvalue weighted by Gasteiger charge is 2.42. The second-order valence-electron chi connectivity index (χ2n) is 8.67. The minimum atomic E-state index is -2.63. The third-order valence-electron chi connectivity index (χ3n) is 6.41. The number of carbonyl (C=O) groups is 3. The molecular weight excluding hydrogens is 394 g/mol. The van der Waals surface area contributed by atoms with Gasteiger partial charge < -0.3 is 16.0 Å². The van der Waals surface area contributed by atoms with Crippen molar-refractivity contribution in [3.05, 3.63) is 34.9 Å². The van der Waals surface area contributed by atoms with E-state index in [-0.39, 0.29) is 43.9 Å². The summed E-state index contributed by atoms with van der Waals surface area (Å²) in [4.78, 5) is 38.2. The van der Waals surface area contributed by atoms with Crippen LogP contribution >= 0.6 is 0 Å². The van der Waals surface area contributed by atoms with Gasteiger partial charge in [-0.15, -0.1) is 0 Å². The maximum absolute atomic E-state index is 13.4. The van der Waals surface area contributed by atoms with Crippen molar-refractivity contribution < 1.29 is 23.2 Å². The lowest BCUT2D eigenvalue weighted by atomic mass is 9.80. The number of benzene rings is 1. The zero-order valence-corrected chi connectivity index (χ0v) is 16.7. The number of nitrogens with one attached hydrogen (secondary N) is 2. The van der Waals surface area contributed by atoms with E-state index in [4.69, 9.17) is 5.73 Å². The zero-order valence-electron chi connectivity index (χ0n) is 16.7. The Labute approximate surface area is 173 Å². The van der Waals surface area contributed by atoms with Gasteiger partial charge in [-0.05, 0) is 30.4 Å². The summed E-state index contributed by atoms with van der Waals surface area (Å²) in [6.07, 6.45) is 0.627. The van der Waals surface area contributed by atoms with Crippen LogP contribution in [0.2, 0.25) is 0 Å². The number of piperidine rings is 1. The van der Waals surface area contributed by atoms with E-state index >= 15 is 0 Å². The highest BCUT2D eigenvalue weighted by molar-refractivity contribution is 6.05. The van der Waals surface area contributed by atoms with Crippen LogP contribution in [0.1, 0.15) is 60.0 Å². The van der Waals surface area contributed by atoms with Crippen molar-refractivity contribution >= 4 is 17.7 Å². The molecule has 1 aromatic rings. The van der Waals surface area contributed by atoms with Crippen LogP contribution in [0.15, 0.2) is 18.2 Å². The van der Waals surface area contributed by atoms with Gasteiger partial charge in [-0.25, -0.2) is 8.78 Å². The number of alkyl halides is 2. The highest BCUT2D eigenvalue weighted by Crippen LogP contribution is 2.37. The SMILES string of the molecule is NC1(CNCc2cccc3c2C(=O)N(C2CCC(=O)NC2=O)C3)CCC(F)(F)CC1. The minimum Gasteiger partial charge on any atom is -0.324 e. The van der Waals surface area contributed by atoms with Gasteiger partial charge in [0.05, 0.1) is 0 Å². The number of nitrogens with two attached hydrogens (primary N) is 1. The summed E-state index contributed by atoms with van der Waals surface area (Å²) in [6, 6.07) is 4.91. The second kappa shape index (κ2) is 7.70. The number of hydrogen-bond acceptors (Lipinski definition) is 5. The molecule has 3 aliphatic rings. The fourth-order valence-electron chi connectivity index (χ4n) is 4.57. The average molecular weight is 420 g/mol. The van der Waals surface area contributed by atoms with Gasteiger partial charge in [0.1, 0.15) is 6.04 Å². The molecule has 3 amide bonds. The van der Waals surface area contributed by atoms with Gasteiger partial charge in [0.25, 0.3) is 5.91 Å². The van der Waals surface area contributed by atoms with E-state index in [1.165, 1.54) is 4.90 Å². The smallest absolute Gasteiger partial charge is 0.255 e. The maximum atomic E-state index is 13.4. The molecule has 1 saturated carbocycles. The summed E-state index contributed by atoms with van der Waals surface area (Å²) in [6.45, 7) is 1.09. The summed E-state index contributed by atoms with van der Waals surface area (Å²) >= 11 is 0. The van der Waals surface area contributed by atoms with Gasteiger partial charge in [-0.3, -0.25) is 19.7 Å². The standard InChI is InChI=1S/C21H26F2N4O3/c22-21(23)8-6-20(24,7-9-21)12-25-10-13-2-1-3-14-11-27(19(30)17(13)14)15-4-5-16(28)26-18(15)29/h1-3,15,25H,4-12,24H2,(H,26,28,29). The van der Waals surface area contributed by atoms with Gasteiger partial charge in [-0.1, -0.05) is 18.2 Å². The van der Waals surface area contributed by atoms with E-state index < -0.39 is 23.4 Å². The first-order chi connectivity index (χ1) is 14.2.